The molecule has 0 unspecified atom stereocenters. The number of hydrogen-bond acceptors (Lipinski definition) is 3. The molecule has 6 heteroatoms. The van der Waals surface area contributed by atoms with Crippen molar-refractivity contribution >= 4 is 12.0 Å². The van der Waals surface area contributed by atoms with Crippen LogP contribution in [0.15, 0.2) is 54.6 Å². The van der Waals surface area contributed by atoms with Crippen molar-refractivity contribution in [2.45, 2.75) is 44.1 Å². The molecule has 2 aliphatic rings. The van der Waals surface area contributed by atoms with Crippen LogP contribution in [0.5, 0.6) is 0 Å². The van der Waals surface area contributed by atoms with Gasteiger partial charge in [-0.1, -0.05) is 61.5 Å². The molecular weight excluding hydrogens is 414 g/mol. The van der Waals surface area contributed by atoms with Crippen LogP contribution in [-0.4, -0.2) is 60.1 Å². The van der Waals surface area contributed by atoms with Gasteiger partial charge in [0.2, 0.25) is 5.91 Å². The molecule has 2 heterocycles. The van der Waals surface area contributed by atoms with Crippen LogP contribution in [0.2, 0.25) is 0 Å². The molecule has 2 aliphatic heterocycles. The highest BCUT2D eigenvalue weighted by Crippen LogP contribution is 2.43. The Labute approximate surface area is 196 Å². The number of piperidine rings is 1. The van der Waals surface area contributed by atoms with Crippen LogP contribution in [0.4, 0.5) is 4.79 Å². The van der Waals surface area contributed by atoms with Gasteiger partial charge in [-0.05, 0) is 55.3 Å². The molecule has 2 aromatic carbocycles. The van der Waals surface area contributed by atoms with Gasteiger partial charge in [-0.2, -0.15) is 0 Å². The fraction of sp³-hybridized carbons (Fsp3) is 0.481. The van der Waals surface area contributed by atoms with Crippen LogP contribution < -0.4 is 5.32 Å². The second-order valence-electron chi connectivity index (χ2n) is 9.40. The number of carboxylic acid groups (broad SMARTS) is 1. The SMILES string of the molecule is CC[C@@H](c1ccccc1)[C@@H](CNC(=O)O)C(=O)N1CCC2(CC1)c1ccccc1CCN2C. The largest absolute Gasteiger partial charge is 0.465 e. The second-order valence-corrected chi connectivity index (χ2v) is 9.40. The Morgan fingerprint density at radius 2 is 1.70 bits per heavy atom. The Balaban J connectivity index is 1.54. The van der Waals surface area contributed by atoms with Crippen molar-refractivity contribution in [3.05, 3.63) is 71.3 Å². The third-order valence-corrected chi connectivity index (χ3v) is 7.81. The number of likely N-dealkylation sites (tertiary alicyclic amines) is 1. The van der Waals surface area contributed by atoms with Crippen molar-refractivity contribution in [2.24, 2.45) is 5.92 Å². The van der Waals surface area contributed by atoms with Crippen LogP contribution in [0.25, 0.3) is 0 Å². The van der Waals surface area contributed by atoms with E-state index in [-0.39, 0.29) is 23.9 Å². The van der Waals surface area contributed by atoms with Gasteiger partial charge >= 0.3 is 6.09 Å². The Kier molecular flexibility index (Phi) is 7.03. The predicted molar refractivity (Wildman–Crippen MR) is 129 cm³/mol. The van der Waals surface area contributed by atoms with Gasteiger partial charge in [-0.3, -0.25) is 9.69 Å². The number of carbonyl (C=O) groups is 2. The molecule has 1 fully saturated rings. The van der Waals surface area contributed by atoms with E-state index in [2.05, 4.69) is 48.5 Å². The molecule has 1 saturated heterocycles. The van der Waals surface area contributed by atoms with E-state index < -0.39 is 12.0 Å². The lowest BCUT2D eigenvalue weighted by molar-refractivity contribution is -0.139. The number of hydrogen-bond donors (Lipinski definition) is 2. The van der Waals surface area contributed by atoms with E-state index in [4.69, 9.17) is 0 Å². The summed E-state index contributed by atoms with van der Waals surface area (Å²) in [5, 5.41) is 11.7. The molecule has 176 valence electrons. The third kappa shape index (κ3) is 4.62. The number of carbonyl (C=O) groups excluding carboxylic acids is 1. The summed E-state index contributed by atoms with van der Waals surface area (Å²) >= 11 is 0. The second kappa shape index (κ2) is 9.96. The van der Waals surface area contributed by atoms with Crippen LogP contribution in [0.3, 0.4) is 0 Å². The van der Waals surface area contributed by atoms with Crippen molar-refractivity contribution in [3.63, 3.8) is 0 Å². The number of fused-ring (bicyclic) bond motifs is 2. The van der Waals surface area contributed by atoms with Gasteiger partial charge < -0.3 is 15.3 Å². The minimum Gasteiger partial charge on any atom is -0.465 e. The van der Waals surface area contributed by atoms with Crippen LogP contribution in [0, 0.1) is 5.92 Å². The van der Waals surface area contributed by atoms with Gasteiger partial charge in [0.05, 0.1) is 5.92 Å². The highest BCUT2D eigenvalue weighted by Gasteiger charge is 2.44. The zero-order chi connectivity index (χ0) is 23.4. The summed E-state index contributed by atoms with van der Waals surface area (Å²) < 4.78 is 0. The normalized spacial score (nSPS) is 19.5. The smallest absolute Gasteiger partial charge is 0.404 e. The molecule has 33 heavy (non-hydrogen) atoms. The maximum atomic E-state index is 13.8. The molecule has 0 saturated carbocycles. The molecule has 2 amide bonds. The summed E-state index contributed by atoms with van der Waals surface area (Å²) in [5.74, 6) is -0.389. The minimum absolute atomic E-state index is 0.0238. The highest BCUT2D eigenvalue weighted by atomic mass is 16.4. The van der Waals surface area contributed by atoms with Crippen LogP contribution >= 0.6 is 0 Å². The first-order chi connectivity index (χ1) is 16.0. The summed E-state index contributed by atoms with van der Waals surface area (Å²) in [6.45, 7) is 4.60. The third-order valence-electron chi connectivity index (χ3n) is 7.81. The lowest BCUT2D eigenvalue weighted by atomic mass is 9.74. The lowest BCUT2D eigenvalue weighted by Gasteiger charge is -2.51. The molecule has 6 nitrogen and oxygen atoms in total. The van der Waals surface area contributed by atoms with E-state index in [0.29, 0.717) is 13.1 Å². The molecule has 0 aliphatic carbocycles. The van der Waals surface area contributed by atoms with E-state index in [1.54, 1.807) is 0 Å². The van der Waals surface area contributed by atoms with E-state index in [1.165, 1.54) is 11.1 Å². The molecule has 0 aromatic heterocycles. The van der Waals surface area contributed by atoms with Gasteiger partial charge in [0.15, 0.2) is 0 Å². The van der Waals surface area contributed by atoms with E-state index in [1.807, 2.05) is 35.2 Å². The molecule has 4 rings (SSSR count). The number of likely N-dealkylation sites (N-methyl/N-ethyl adjacent to an activating group) is 1. The maximum absolute atomic E-state index is 13.8. The number of rotatable bonds is 6. The minimum atomic E-state index is -1.09. The summed E-state index contributed by atoms with van der Waals surface area (Å²) in [6.07, 6.45) is 2.54. The van der Waals surface area contributed by atoms with Crippen molar-refractivity contribution in [2.75, 3.05) is 33.2 Å². The summed E-state index contributed by atoms with van der Waals surface area (Å²) in [7, 11) is 2.20. The Hall–Kier alpha value is -2.86. The molecule has 0 radical (unpaired) electrons. The Bertz CT molecular complexity index is 970. The van der Waals surface area contributed by atoms with Gasteiger partial charge in [0, 0.05) is 31.7 Å². The van der Waals surface area contributed by atoms with Crippen molar-refractivity contribution < 1.29 is 14.7 Å². The summed E-state index contributed by atoms with van der Waals surface area (Å²) in [5.41, 5.74) is 3.89. The lowest BCUT2D eigenvalue weighted by Crippen LogP contribution is -2.56. The summed E-state index contributed by atoms with van der Waals surface area (Å²) in [6, 6.07) is 18.7. The molecule has 0 bridgehead atoms. The first kappa shape index (κ1) is 23.3. The first-order valence-corrected chi connectivity index (χ1v) is 12.1. The summed E-state index contributed by atoms with van der Waals surface area (Å²) in [4.78, 5) is 29.5. The van der Waals surface area contributed by atoms with Gasteiger partial charge in [-0.25, -0.2) is 4.79 Å². The Morgan fingerprint density at radius 3 is 2.36 bits per heavy atom. The molecular formula is C27H35N3O3. The van der Waals surface area contributed by atoms with Gasteiger partial charge in [-0.15, -0.1) is 0 Å². The number of benzene rings is 2. The number of amides is 2. The molecule has 2 aromatic rings. The van der Waals surface area contributed by atoms with Crippen molar-refractivity contribution in [3.8, 4) is 0 Å². The average Bonchev–Trinajstić information content (AvgIpc) is 2.85. The number of nitrogens with one attached hydrogen (secondary N) is 1. The molecule has 1 spiro atoms. The number of nitrogens with zero attached hydrogens (tertiary/aromatic N) is 2. The van der Waals surface area contributed by atoms with E-state index in [0.717, 1.165) is 37.8 Å². The zero-order valence-electron chi connectivity index (χ0n) is 19.7. The van der Waals surface area contributed by atoms with E-state index >= 15 is 0 Å². The first-order valence-electron chi connectivity index (χ1n) is 12.1. The van der Waals surface area contributed by atoms with E-state index in [9.17, 15) is 14.7 Å². The Morgan fingerprint density at radius 1 is 1.03 bits per heavy atom. The fourth-order valence-corrected chi connectivity index (χ4v) is 5.93. The van der Waals surface area contributed by atoms with Crippen LogP contribution in [-0.2, 0) is 16.8 Å². The fourth-order valence-electron chi connectivity index (χ4n) is 5.93. The van der Waals surface area contributed by atoms with Crippen molar-refractivity contribution in [1.82, 2.24) is 15.1 Å². The molecule has 2 atom stereocenters. The van der Waals surface area contributed by atoms with Gasteiger partial charge in [0.1, 0.15) is 0 Å². The van der Waals surface area contributed by atoms with Gasteiger partial charge in [0.25, 0.3) is 0 Å². The quantitative estimate of drug-likeness (QED) is 0.697. The topological polar surface area (TPSA) is 72.9 Å². The highest BCUT2D eigenvalue weighted by molar-refractivity contribution is 5.81. The standard InChI is InChI=1S/C27H35N3O3/c1-3-22(20-9-5-4-6-10-20)23(19-28-26(32)33)25(31)30-17-14-27(15-18-30)24-12-8-7-11-21(24)13-16-29(27)2/h4-12,22-23,28H,3,13-19H2,1-2H3,(H,32,33)/t22-,23+/m0/s1. The monoisotopic (exact) mass is 449 g/mol. The molecule has 2 N–H and O–H groups in total. The zero-order valence-corrected chi connectivity index (χ0v) is 19.7. The van der Waals surface area contributed by atoms with Crippen LogP contribution in [0.1, 0.15) is 48.8 Å². The maximum Gasteiger partial charge on any atom is 0.404 e. The van der Waals surface area contributed by atoms with Crippen molar-refractivity contribution in [1.29, 1.82) is 0 Å². The average molecular weight is 450 g/mol. The predicted octanol–water partition coefficient (Wildman–Crippen LogP) is 4.07.